The fraction of sp³-hybridized carbons (Fsp3) is 0.478. The molecule has 1 fully saturated rings. The van der Waals surface area contributed by atoms with Gasteiger partial charge in [0.15, 0.2) is 0 Å². The summed E-state index contributed by atoms with van der Waals surface area (Å²) in [7, 11) is -5.34. The Bertz CT molecular complexity index is 745. The highest BCUT2D eigenvalue weighted by atomic mass is 29.8. The van der Waals surface area contributed by atoms with E-state index >= 15 is 0 Å². The van der Waals surface area contributed by atoms with E-state index in [9.17, 15) is 0 Å². The maximum Gasteiger partial charge on any atom is 0.235 e. The normalized spacial score (nSPS) is 29.0. The van der Waals surface area contributed by atoms with Gasteiger partial charge in [-0.25, -0.2) is 0 Å². The Morgan fingerprint density at radius 1 is 1.00 bits per heavy atom. The van der Waals surface area contributed by atoms with E-state index in [0.717, 1.165) is 6.23 Å². The summed E-state index contributed by atoms with van der Waals surface area (Å²) in [6, 6.07) is 22.7. The number of benzene rings is 2. The van der Waals surface area contributed by atoms with Gasteiger partial charge in [-0.05, 0) is 18.5 Å². The van der Waals surface area contributed by atoms with Crippen molar-refractivity contribution in [3.63, 3.8) is 0 Å². The second kappa shape index (κ2) is 10.5. The minimum atomic E-state index is -2.23. The van der Waals surface area contributed by atoms with Crippen LogP contribution in [0.2, 0.25) is 13.1 Å². The van der Waals surface area contributed by atoms with Gasteiger partial charge in [-0.1, -0.05) is 112 Å². The Morgan fingerprint density at radius 3 is 2.24 bits per heavy atom. The molecule has 1 aliphatic rings. The molecule has 0 aliphatic carbocycles. The van der Waals surface area contributed by atoms with Crippen molar-refractivity contribution in [1.82, 2.24) is 0 Å². The van der Waals surface area contributed by atoms with Crippen molar-refractivity contribution in [2.45, 2.75) is 65.1 Å². The third-order valence-corrected chi connectivity index (χ3v) is 54.0. The summed E-state index contributed by atoms with van der Waals surface area (Å²) in [6.45, 7) is 9.88. The molecule has 1 saturated heterocycles. The van der Waals surface area contributed by atoms with E-state index in [4.69, 9.17) is 8.85 Å². The predicted octanol–water partition coefficient (Wildman–Crippen LogP) is 3.36. The van der Waals surface area contributed by atoms with Gasteiger partial charge in [0, 0.05) is 6.10 Å². The number of rotatable bonds is 9. The molecule has 1 aliphatic heterocycles. The van der Waals surface area contributed by atoms with Gasteiger partial charge in [0.25, 0.3) is 0 Å². The summed E-state index contributed by atoms with van der Waals surface area (Å²) in [5, 5.41) is 3.11. The van der Waals surface area contributed by atoms with E-state index in [2.05, 4.69) is 87.6 Å². The first-order chi connectivity index (χ1) is 14.0. The van der Waals surface area contributed by atoms with Crippen LogP contribution in [0.25, 0.3) is 0 Å². The van der Waals surface area contributed by atoms with Crippen LogP contribution >= 0.6 is 0 Å². The largest absolute Gasteiger partial charge is 0.428 e. The molecule has 0 amide bonds. The number of unbranched alkanes of at least 4 members (excludes halogenated alkanes) is 3. The van der Waals surface area contributed by atoms with Crippen molar-refractivity contribution >= 4 is 42.4 Å². The number of hydrogen-bond acceptors (Lipinski definition) is 2. The average molecular weight is 459 g/mol. The third-order valence-electron chi connectivity index (χ3n) is 6.98. The zero-order valence-electron chi connectivity index (χ0n) is 18.7. The van der Waals surface area contributed by atoms with Gasteiger partial charge >= 0.3 is 0 Å². The highest BCUT2D eigenvalue weighted by molar-refractivity contribution is 7.78. The first-order valence-electron chi connectivity index (χ1n) is 11.4. The minimum absolute atomic E-state index is 0.318. The third kappa shape index (κ3) is 4.78. The van der Waals surface area contributed by atoms with Crippen molar-refractivity contribution in [2.75, 3.05) is 6.23 Å². The lowest BCUT2D eigenvalue weighted by molar-refractivity contribution is 0.192. The smallest absolute Gasteiger partial charge is 0.235 e. The molecule has 4 unspecified atom stereocenters. The van der Waals surface area contributed by atoms with Gasteiger partial charge in [0.2, 0.25) is 7.83 Å². The van der Waals surface area contributed by atoms with E-state index in [1.807, 2.05) is 0 Å². The lowest BCUT2D eigenvalue weighted by atomic mass is 10.1. The van der Waals surface area contributed by atoms with Gasteiger partial charge in [-0.15, -0.1) is 0 Å². The van der Waals surface area contributed by atoms with E-state index in [1.54, 1.807) is 5.19 Å². The molecule has 3 rings (SSSR count). The molecule has 158 valence electrons. The minimum Gasteiger partial charge on any atom is -0.428 e. The lowest BCUT2D eigenvalue weighted by Crippen LogP contribution is -2.87. The second-order valence-corrected chi connectivity index (χ2v) is 38.1. The van der Waals surface area contributed by atoms with Crippen molar-refractivity contribution < 1.29 is 8.85 Å². The van der Waals surface area contributed by atoms with Crippen LogP contribution in [0.15, 0.2) is 60.7 Å². The molecule has 29 heavy (non-hydrogen) atoms. The van der Waals surface area contributed by atoms with E-state index < -0.39 is 32.1 Å². The Labute approximate surface area is 183 Å². The average Bonchev–Trinajstić information content (AvgIpc) is 2.76. The molecule has 1 heterocycles. The molecule has 4 atom stereocenters. The Kier molecular flexibility index (Phi) is 8.30. The van der Waals surface area contributed by atoms with Crippen LogP contribution in [0.5, 0.6) is 0 Å². The summed E-state index contributed by atoms with van der Waals surface area (Å²) in [6.07, 6.45) is 7.61. The van der Waals surface area contributed by atoms with Gasteiger partial charge < -0.3 is 8.85 Å². The van der Waals surface area contributed by atoms with E-state index in [1.165, 1.54) is 37.3 Å². The summed E-state index contributed by atoms with van der Waals surface area (Å²) < 4.78 is 13.8. The molecule has 0 N–H and O–H groups in total. The fourth-order valence-corrected chi connectivity index (χ4v) is 55.6. The number of hydrogen-bond donors (Lipinski definition) is 0. The Balaban J connectivity index is 2.01. The van der Waals surface area contributed by atoms with Crippen LogP contribution < -0.4 is 10.4 Å². The van der Waals surface area contributed by atoms with Gasteiger partial charge in [0.05, 0.1) is 14.1 Å². The molecular formula is C23H38O2Si4. The van der Waals surface area contributed by atoms with Crippen LogP contribution in [-0.2, 0) is 8.85 Å². The Hall–Kier alpha value is -0.772. The molecule has 0 bridgehead atoms. The predicted molar refractivity (Wildman–Crippen MR) is 136 cm³/mol. The molecule has 0 radical (unpaired) electrons. The standard InChI is InChI=1S/C23H38O2Si4/c1-5-6-7-10-15-21(2)25-29(23-18-13-9-14-19-23)20-24-26-27(3)28(29,4)22-16-11-8-12-17-22/h8-9,11-14,16-19,21,27H,5-7,10,15,20,26H2,1-4H3. The summed E-state index contributed by atoms with van der Waals surface area (Å²) in [5.41, 5.74) is 0. The Morgan fingerprint density at radius 2 is 1.62 bits per heavy atom. The summed E-state index contributed by atoms with van der Waals surface area (Å²) >= 11 is 0. The van der Waals surface area contributed by atoms with Crippen LogP contribution in [0, 0.1) is 0 Å². The van der Waals surface area contributed by atoms with Gasteiger partial charge in [-0.2, -0.15) is 0 Å². The highest BCUT2D eigenvalue weighted by Gasteiger charge is 2.62. The molecular weight excluding hydrogens is 421 g/mol. The van der Waals surface area contributed by atoms with Crippen molar-refractivity contribution in [1.29, 1.82) is 0 Å². The van der Waals surface area contributed by atoms with Crippen molar-refractivity contribution in [3.8, 4) is 0 Å². The zero-order valence-corrected chi connectivity index (χ0v) is 23.3. The first kappa shape index (κ1) is 22.9. The first-order valence-corrected chi connectivity index (χ1v) is 23.8. The summed E-state index contributed by atoms with van der Waals surface area (Å²) in [4.78, 5) is 0. The zero-order chi connectivity index (χ0) is 20.7. The van der Waals surface area contributed by atoms with Crippen molar-refractivity contribution in [3.05, 3.63) is 60.7 Å². The van der Waals surface area contributed by atoms with Crippen LogP contribution in [-0.4, -0.2) is 44.4 Å². The quantitative estimate of drug-likeness (QED) is 0.424. The highest BCUT2D eigenvalue weighted by Crippen LogP contribution is 2.29. The van der Waals surface area contributed by atoms with Crippen LogP contribution in [0.3, 0.4) is 0 Å². The SMILES string of the molecule is CCCCCCC(C)O[Si]1(c2ccccc2)CO[SiH2][SiH](C)[Si]1(C)c1ccccc1. The molecule has 0 saturated carbocycles. The molecule has 6 heteroatoms. The molecule has 2 nitrogen and oxygen atoms in total. The lowest BCUT2D eigenvalue weighted by Gasteiger charge is -2.52. The van der Waals surface area contributed by atoms with E-state index in [0.29, 0.717) is 6.10 Å². The van der Waals surface area contributed by atoms with Crippen LogP contribution in [0.1, 0.15) is 46.0 Å². The molecule has 0 spiro atoms. The molecule has 2 aromatic carbocycles. The maximum absolute atomic E-state index is 7.32. The van der Waals surface area contributed by atoms with Gasteiger partial charge in [-0.3, -0.25) is 0 Å². The summed E-state index contributed by atoms with van der Waals surface area (Å²) in [5.74, 6) is 0. The van der Waals surface area contributed by atoms with Crippen LogP contribution in [0.4, 0.5) is 0 Å². The van der Waals surface area contributed by atoms with Crippen molar-refractivity contribution in [2.24, 2.45) is 0 Å². The molecule has 2 aromatic rings. The topological polar surface area (TPSA) is 18.5 Å². The second-order valence-electron chi connectivity index (χ2n) is 8.96. The van der Waals surface area contributed by atoms with E-state index in [-0.39, 0.29) is 0 Å². The fourth-order valence-electron chi connectivity index (χ4n) is 4.97. The molecule has 0 aromatic heterocycles. The monoisotopic (exact) mass is 458 g/mol. The maximum atomic E-state index is 7.32. The van der Waals surface area contributed by atoms with Gasteiger partial charge in [0.1, 0.15) is 16.4 Å².